The van der Waals surface area contributed by atoms with Crippen LogP contribution in [0, 0.1) is 26.2 Å². The number of hydrogen-bond acceptors (Lipinski definition) is 2. The number of nitrogens with one attached hydrogen (secondary N) is 1. The summed E-state index contributed by atoms with van der Waals surface area (Å²) in [4.78, 5) is 0. The summed E-state index contributed by atoms with van der Waals surface area (Å²) >= 11 is 0. The highest BCUT2D eigenvalue weighted by atomic mass is 15.3. The van der Waals surface area contributed by atoms with Crippen LogP contribution in [0.1, 0.15) is 17.8 Å². The average molecular weight is 191 g/mol. The highest BCUT2D eigenvalue weighted by Gasteiger charge is 1.99. The molecule has 0 amide bonds. The van der Waals surface area contributed by atoms with Crippen LogP contribution in [0.5, 0.6) is 0 Å². The number of rotatable bonds is 5. The standard InChI is InChI=1S/C11H17N3/c1-4-6-12-7-5-8-14-11(3)9-10(2)13-14/h1,9,12H,5-8H2,2-3H3. The first-order valence-electron chi connectivity index (χ1n) is 4.89. The van der Waals surface area contributed by atoms with Crippen molar-refractivity contribution in [2.75, 3.05) is 13.1 Å². The van der Waals surface area contributed by atoms with Gasteiger partial charge in [-0.25, -0.2) is 0 Å². The smallest absolute Gasteiger partial charge is 0.0596 e. The Hall–Kier alpha value is -1.27. The van der Waals surface area contributed by atoms with E-state index in [1.54, 1.807) is 0 Å². The zero-order valence-electron chi connectivity index (χ0n) is 8.88. The molecule has 1 N–H and O–H groups in total. The first-order chi connectivity index (χ1) is 6.74. The normalized spacial score (nSPS) is 10.1. The molecule has 0 atom stereocenters. The molecule has 3 heteroatoms. The molecule has 14 heavy (non-hydrogen) atoms. The maximum atomic E-state index is 5.12. The molecule has 0 aromatic carbocycles. The molecular formula is C11H17N3. The average Bonchev–Trinajstić information content (AvgIpc) is 2.45. The van der Waals surface area contributed by atoms with Crippen LogP contribution >= 0.6 is 0 Å². The van der Waals surface area contributed by atoms with Crippen molar-refractivity contribution in [2.24, 2.45) is 0 Å². The van der Waals surface area contributed by atoms with Crippen LogP contribution < -0.4 is 5.32 Å². The Kier molecular flexibility index (Phi) is 4.21. The molecule has 3 nitrogen and oxygen atoms in total. The molecule has 0 aliphatic carbocycles. The predicted octanol–water partition coefficient (Wildman–Crippen LogP) is 1.11. The summed E-state index contributed by atoms with van der Waals surface area (Å²) in [5.74, 6) is 2.55. The van der Waals surface area contributed by atoms with Gasteiger partial charge in [-0.3, -0.25) is 4.68 Å². The monoisotopic (exact) mass is 191 g/mol. The molecule has 1 heterocycles. The van der Waals surface area contributed by atoms with Crippen LogP contribution in [-0.2, 0) is 6.54 Å². The highest BCUT2D eigenvalue weighted by Crippen LogP contribution is 2.01. The second kappa shape index (κ2) is 5.46. The Bertz CT molecular complexity index is 320. The summed E-state index contributed by atoms with van der Waals surface area (Å²) in [7, 11) is 0. The molecule has 0 fully saturated rings. The summed E-state index contributed by atoms with van der Waals surface area (Å²) in [6, 6.07) is 2.09. The summed E-state index contributed by atoms with van der Waals surface area (Å²) in [5, 5.41) is 7.53. The first kappa shape index (κ1) is 10.8. The lowest BCUT2D eigenvalue weighted by molar-refractivity contribution is 0.543. The molecule has 0 saturated heterocycles. The molecule has 0 bridgehead atoms. The lowest BCUT2D eigenvalue weighted by atomic mass is 10.4. The number of hydrogen-bond donors (Lipinski definition) is 1. The molecule has 1 aromatic heterocycles. The van der Waals surface area contributed by atoms with Crippen molar-refractivity contribution in [1.82, 2.24) is 15.1 Å². The van der Waals surface area contributed by atoms with E-state index in [2.05, 4.69) is 29.3 Å². The topological polar surface area (TPSA) is 29.9 Å². The SMILES string of the molecule is C#CCNCCCn1nc(C)cc1C. The second-order valence-electron chi connectivity index (χ2n) is 3.38. The third kappa shape index (κ3) is 3.23. The minimum atomic E-state index is 0.650. The molecule has 0 unspecified atom stereocenters. The van der Waals surface area contributed by atoms with Gasteiger partial charge in [-0.1, -0.05) is 5.92 Å². The molecule has 1 aromatic rings. The van der Waals surface area contributed by atoms with Crippen molar-refractivity contribution in [3.63, 3.8) is 0 Å². The Labute approximate surface area is 85.5 Å². The molecule has 0 aliphatic rings. The fourth-order valence-corrected chi connectivity index (χ4v) is 1.42. The van der Waals surface area contributed by atoms with E-state index in [9.17, 15) is 0 Å². The van der Waals surface area contributed by atoms with Gasteiger partial charge in [0.25, 0.3) is 0 Å². The molecule has 0 radical (unpaired) electrons. The predicted molar refractivity (Wildman–Crippen MR) is 58.0 cm³/mol. The summed E-state index contributed by atoms with van der Waals surface area (Å²) in [6.45, 7) is 6.64. The van der Waals surface area contributed by atoms with E-state index in [1.165, 1.54) is 5.69 Å². The van der Waals surface area contributed by atoms with Crippen molar-refractivity contribution in [3.05, 3.63) is 17.5 Å². The van der Waals surface area contributed by atoms with Crippen molar-refractivity contribution in [3.8, 4) is 12.3 Å². The van der Waals surface area contributed by atoms with Gasteiger partial charge in [0.05, 0.1) is 12.2 Å². The van der Waals surface area contributed by atoms with Crippen LogP contribution in [0.25, 0.3) is 0 Å². The third-order valence-electron chi connectivity index (χ3n) is 2.05. The van der Waals surface area contributed by atoms with E-state index in [1.807, 2.05) is 11.6 Å². The zero-order valence-corrected chi connectivity index (χ0v) is 8.88. The molecule has 0 spiro atoms. The van der Waals surface area contributed by atoms with E-state index in [0.29, 0.717) is 6.54 Å². The number of nitrogens with zero attached hydrogens (tertiary/aromatic N) is 2. The van der Waals surface area contributed by atoms with Gasteiger partial charge in [-0.15, -0.1) is 6.42 Å². The Morgan fingerprint density at radius 3 is 2.93 bits per heavy atom. The Morgan fingerprint density at radius 1 is 1.57 bits per heavy atom. The minimum Gasteiger partial charge on any atom is -0.306 e. The van der Waals surface area contributed by atoms with Gasteiger partial charge in [0.15, 0.2) is 0 Å². The molecule has 1 rings (SSSR count). The number of aryl methyl sites for hydroxylation is 3. The maximum Gasteiger partial charge on any atom is 0.0596 e. The zero-order chi connectivity index (χ0) is 10.4. The Morgan fingerprint density at radius 2 is 2.36 bits per heavy atom. The van der Waals surface area contributed by atoms with E-state index >= 15 is 0 Å². The van der Waals surface area contributed by atoms with Crippen LogP contribution in [0.4, 0.5) is 0 Å². The largest absolute Gasteiger partial charge is 0.306 e. The van der Waals surface area contributed by atoms with Crippen LogP contribution in [0.3, 0.4) is 0 Å². The van der Waals surface area contributed by atoms with Gasteiger partial charge in [-0.2, -0.15) is 5.10 Å². The van der Waals surface area contributed by atoms with E-state index < -0.39 is 0 Å². The quantitative estimate of drug-likeness (QED) is 0.558. The van der Waals surface area contributed by atoms with Gasteiger partial charge < -0.3 is 5.32 Å². The van der Waals surface area contributed by atoms with Gasteiger partial charge in [0.2, 0.25) is 0 Å². The highest BCUT2D eigenvalue weighted by molar-refractivity contribution is 5.06. The van der Waals surface area contributed by atoms with Gasteiger partial charge in [0.1, 0.15) is 0 Å². The van der Waals surface area contributed by atoms with Crippen LogP contribution in [0.2, 0.25) is 0 Å². The van der Waals surface area contributed by atoms with Crippen LogP contribution in [-0.4, -0.2) is 22.9 Å². The fraction of sp³-hybridized carbons (Fsp3) is 0.545. The summed E-state index contributed by atoms with van der Waals surface area (Å²) in [6.07, 6.45) is 6.18. The van der Waals surface area contributed by atoms with E-state index in [4.69, 9.17) is 6.42 Å². The van der Waals surface area contributed by atoms with Gasteiger partial charge in [0, 0.05) is 12.2 Å². The minimum absolute atomic E-state index is 0.650. The van der Waals surface area contributed by atoms with Gasteiger partial charge in [-0.05, 0) is 32.9 Å². The van der Waals surface area contributed by atoms with E-state index in [0.717, 1.165) is 25.2 Å². The first-order valence-corrected chi connectivity index (χ1v) is 4.89. The van der Waals surface area contributed by atoms with E-state index in [-0.39, 0.29) is 0 Å². The molecule has 76 valence electrons. The van der Waals surface area contributed by atoms with Crippen LogP contribution in [0.15, 0.2) is 6.07 Å². The number of aromatic nitrogens is 2. The third-order valence-corrected chi connectivity index (χ3v) is 2.05. The summed E-state index contributed by atoms with van der Waals surface area (Å²) in [5.41, 5.74) is 2.30. The molecule has 0 saturated carbocycles. The summed E-state index contributed by atoms with van der Waals surface area (Å²) < 4.78 is 2.03. The van der Waals surface area contributed by atoms with Crippen molar-refractivity contribution in [1.29, 1.82) is 0 Å². The van der Waals surface area contributed by atoms with Crippen molar-refractivity contribution < 1.29 is 0 Å². The Balaban J connectivity index is 2.25. The lowest BCUT2D eigenvalue weighted by Gasteiger charge is -2.04. The lowest BCUT2D eigenvalue weighted by Crippen LogP contribution is -2.17. The molecular weight excluding hydrogens is 174 g/mol. The number of terminal acetylenes is 1. The van der Waals surface area contributed by atoms with Crippen molar-refractivity contribution in [2.45, 2.75) is 26.8 Å². The molecule has 0 aliphatic heterocycles. The van der Waals surface area contributed by atoms with Gasteiger partial charge >= 0.3 is 0 Å². The van der Waals surface area contributed by atoms with Crippen molar-refractivity contribution >= 4 is 0 Å². The fourth-order valence-electron chi connectivity index (χ4n) is 1.42. The second-order valence-corrected chi connectivity index (χ2v) is 3.38. The maximum absolute atomic E-state index is 5.12.